The number of methoxy groups -OCH3 is 1. The third kappa shape index (κ3) is 2.64. The molecule has 0 aliphatic rings. The first-order valence-corrected chi connectivity index (χ1v) is 5.82. The van der Waals surface area contributed by atoms with E-state index in [0.29, 0.717) is 5.56 Å². The van der Waals surface area contributed by atoms with Crippen LogP contribution in [0.25, 0.3) is 0 Å². The van der Waals surface area contributed by atoms with Gasteiger partial charge < -0.3 is 15.6 Å². The second-order valence-electron chi connectivity index (χ2n) is 5.67. The van der Waals surface area contributed by atoms with E-state index in [9.17, 15) is 4.79 Å². The van der Waals surface area contributed by atoms with E-state index in [1.54, 1.807) is 19.2 Å². The molecular weight excluding hydrogens is 230 g/mol. The van der Waals surface area contributed by atoms with Crippen molar-refractivity contribution in [3.8, 4) is 5.75 Å². The standard InChI is InChI=1S/C14H21NO3/c1-13(2,3)10-8-9(6-7-11(10)18-5)14(4,15)12(16)17/h6-8H,15H2,1-5H3,(H,16,17). The van der Waals surface area contributed by atoms with Gasteiger partial charge in [-0.15, -0.1) is 0 Å². The van der Waals surface area contributed by atoms with E-state index in [2.05, 4.69) is 0 Å². The molecule has 100 valence electrons. The van der Waals surface area contributed by atoms with Gasteiger partial charge in [-0.2, -0.15) is 0 Å². The molecule has 0 spiro atoms. The third-order valence-corrected chi connectivity index (χ3v) is 3.05. The highest BCUT2D eigenvalue weighted by molar-refractivity contribution is 5.80. The number of nitrogens with two attached hydrogens (primary N) is 1. The fraction of sp³-hybridized carbons (Fsp3) is 0.500. The summed E-state index contributed by atoms with van der Waals surface area (Å²) in [4.78, 5) is 11.2. The fourth-order valence-corrected chi connectivity index (χ4v) is 1.74. The van der Waals surface area contributed by atoms with Gasteiger partial charge in [-0.25, -0.2) is 4.79 Å². The summed E-state index contributed by atoms with van der Waals surface area (Å²) in [5.74, 6) is -0.306. The predicted octanol–water partition coefficient (Wildman–Crippen LogP) is 2.25. The van der Waals surface area contributed by atoms with Crippen LogP contribution in [0.1, 0.15) is 38.8 Å². The second kappa shape index (κ2) is 4.61. The first kappa shape index (κ1) is 14.5. The number of carboxylic acids is 1. The Balaban J connectivity index is 3.41. The first-order valence-electron chi connectivity index (χ1n) is 5.82. The van der Waals surface area contributed by atoms with E-state index in [4.69, 9.17) is 15.6 Å². The number of hydrogen-bond donors (Lipinski definition) is 2. The maximum atomic E-state index is 11.2. The molecule has 1 aromatic carbocycles. The van der Waals surface area contributed by atoms with E-state index < -0.39 is 11.5 Å². The normalized spacial score (nSPS) is 15.0. The van der Waals surface area contributed by atoms with Crippen molar-refractivity contribution in [2.75, 3.05) is 7.11 Å². The number of aliphatic carboxylic acids is 1. The van der Waals surface area contributed by atoms with Gasteiger partial charge in [0.05, 0.1) is 7.11 Å². The van der Waals surface area contributed by atoms with Gasteiger partial charge in [0.15, 0.2) is 0 Å². The van der Waals surface area contributed by atoms with Crippen LogP contribution in [-0.4, -0.2) is 18.2 Å². The molecule has 1 aromatic rings. The Kier molecular flexibility index (Phi) is 3.72. The van der Waals surface area contributed by atoms with Crippen LogP contribution in [0.4, 0.5) is 0 Å². The number of rotatable bonds is 3. The molecule has 1 atom stereocenters. The summed E-state index contributed by atoms with van der Waals surface area (Å²) in [6, 6.07) is 5.28. The third-order valence-electron chi connectivity index (χ3n) is 3.05. The van der Waals surface area contributed by atoms with Crippen LogP contribution < -0.4 is 10.5 Å². The highest BCUT2D eigenvalue weighted by atomic mass is 16.5. The van der Waals surface area contributed by atoms with Crippen LogP contribution in [0.15, 0.2) is 18.2 Å². The van der Waals surface area contributed by atoms with E-state index in [-0.39, 0.29) is 5.41 Å². The molecule has 0 amide bonds. The van der Waals surface area contributed by atoms with Crippen molar-refractivity contribution < 1.29 is 14.6 Å². The van der Waals surface area contributed by atoms with Gasteiger partial charge in [0.2, 0.25) is 0 Å². The van der Waals surface area contributed by atoms with Crippen molar-refractivity contribution in [3.63, 3.8) is 0 Å². The molecule has 1 rings (SSSR count). The summed E-state index contributed by atoms with van der Waals surface area (Å²) >= 11 is 0. The zero-order valence-electron chi connectivity index (χ0n) is 11.6. The molecule has 0 bridgehead atoms. The summed E-state index contributed by atoms with van der Waals surface area (Å²) in [6.07, 6.45) is 0. The van der Waals surface area contributed by atoms with Crippen molar-refractivity contribution in [2.24, 2.45) is 5.73 Å². The Morgan fingerprint density at radius 2 is 1.83 bits per heavy atom. The Bertz CT molecular complexity index is 459. The van der Waals surface area contributed by atoms with E-state index >= 15 is 0 Å². The molecular formula is C14H21NO3. The molecule has 4 heteroatoms. The Morgan fingerprint density at radius 1 is 1.28 bits per heavy atom. The number of benzene rings is 1. The molecule has 0 fully saturated rings. The topological polar surface area (TPSA) is 72.5 Å². The number of hydrogen-bond acceptors (Lipinski definition) is 3. The summed E-state index contributed by atoms with van der Waals surface area (Å²) in [5.41, 5.74) is 5.82. The molecule has 1 unspecified atom stereocenters. The summed E-state index contributed by atoms with van der Waals surface area (Å²) < 4.78 is 5.31. The zero-order valence-corrected chi connectivity index (χ0v) is 11.6. The van der Waals surface area contributed by atoms with Crippen LogP contribution in [0.3, 0.4) is 0 Å². The average molecular weight is 251 g/mol. The van der Waals surface area contributed by atoms with Crippen molar-refractivity contribution in [1.29, 1.82) is 0 Å². The Morgan fingerprint density at radius 3 is 2.22 bits per heavy atom. The van der Waals surface area contributed by atoms with Gasteiger partial charge in [0.25, 0.3) is 0 Å². The largest absolute Gasteiger partial charge is 0.496 e. The van der Waals surface area contributed by atoms with Crippen molar-refractivity contribution in [3.05, 3.63) is 29.3 Å². The maximum Gasteiger partial charge on any atom is 0.328 e. The van der Waals surface area contributed by atoms with Gasteiger partial charge in [0.1, 0.15) is 11.3 Å². The lowest BCUT2D eigenvalue weighted by molar-refractivity contribution is -0.143. The van der Waals surface area contributed by atoms with E-state index in [1.807, 2.05) is 26.8 Å². The zero-order chi connectivity index (χ0) is 14.1. The molecule has 3 N–H and O–H groups in total. The molecule has 0 aliphatic heterocycles. The number of ether oxygens (including phenoxy) is 1. The lowest BCUT2D eigenvalue weighted by Crippen LogP contribution is -2.41. The van der Waals surface area contributed by atoms with Crippen molar-refractivity contribution >= 4 is 5.97 Å². The highest BCUT2D eigenvalue weighted by Crippen LogP contribution is 2.34. The van der Waals surface area contributed by atoms with Gasteiger partial charge in [-0.1, -0.05) is 26.8 Å². The highest BCUT2D eigenvalue weighted by Gasteiger charge is 2.32. The maximum absolute atomic E-state index is 11.2. The summed E-state index contributed by atoms with van der Waals surface area (Å²) in [5, 5.41) is 9.16. The summed E-state index contributed by atoms with van der Waals surface area (Å²) in [7, 11) is 1.60. The molecule has 0 aliphatic carbocycles. The predicted molar refractivity (Wildman–Crippen MR) is 70.9 cm³/mol. The van der Waals surface area contributed by atoms with Crippen LogP contribution in [0.5, 0.6) is 5.75 Å². The Hall–Kier alpha value is -1.55. The van der Waals surface area contributed by atoms with Crippen LogP contribution in [0, 0.1) is 0 Å². The van der Waals surface area contributed by atoms with E-state index in [1.165, 1.54) is 6.92 Å². The van der Waals surface area contributed by atoms with Crippen molar-refractivity contribution in [1.82, 2.24) is 0 Å². The van der Waals surface area contributed by atoms with E-state index in [0.717, 1.165) is 11.3 Å². The average Bonchev–Trinajstić information content (AvgIpc) is 2.26. The van der Waals surface area contributed by atoms with Gasteiger partial charge >= 0.3 is 5.97 Å². The molecule has 18 heavy (non-hydrogen) atoms. The fourth-order valence-electron chi connectivity index (χ4n) is 1.74. The molecule has 0 aromatic heterocycles. The smallest absolute Gasteiger partial charge is 0.328 e. The lowest BCUT2D eigenvalue weighted by atomic mass is 9.82. The van der Waals surface area contributed by atoms with Crippen LogP contribution >= 0.6 is 0 Å². The monoisotopic (exact) mass is 251 g/mol. The second-order valence-corrected chi connectivity index (χ2v) is 5.67. The molecule has 0 saturated heterocycles. The SMILES string of the molecule is COc1ccc(C(C)(N)C(=O)O)cc1C(C)(C)C. The quantitative estimate of drug-likeness (QED) is 0.864. The van der Waals surface area contributed by atoms with Crippen LogP contribution in [-0.2, 0) is 15.7 Å². The molecule has 0 saturated carbocycles. The lowest BCUT2D eigenvalue weighted by Gasteiger charge is -2.26. The van der Waals surface area contributed by atoms with Gasteiger partial charge in [-0.3, -0.25) is 0 Å². The minimum Gasteiger partial charge on any atom is -0.496 e. The molecule has 0 radical (unpaired) electrons. The molecule has 0 heterocycles. The van der Waals surface area contributed by atoms with Gasteiger partial charge in [-0.05, 0) is 35.6 Å². The minimum atomic E-state index is -1.40. The van der Waals surface area contributed by atoms with Crippen molar-refractivity contribution in [2.45, 2.75) is 38.6 Å². The molecule has 4 nitrogen and oxygen atoms in total. The Labute approximate surface area is 108 Å². The number of carboxylic acid groups (broad SMARTS) is 1. The first-order chi connectivity index (χ1) is 8.10. The summed E-state index contributed by atoms with van der Waals surface area (Å²) in [6.45, 7) is 7.62. The minimum absolute atomic E-state index is 0.143. The van der Waals surface area contributed by atoms with Gasteiger partial charge in [0, 0.05) is 0 Å². The van der Waals surface area contributed by atoms with Crippen LogP contribution in [0.2, 0.25) is 0 Å². The number of carbonyl (C=O) groups is 1.